The number of aromatic nitrogens is 3. The highest BCUT2D eigenvalue weighted by Gasteiger charge is 2.14. The number of benzene rings is 2. The molecule has 0 bridgehead atoms. The van der Waals surface area contributed by atoms with Crippen molar-refractivity contribution in [3.05, 3.63) is 76.5 Å². The number of aryl methyl sites for hydroxylation is 1. The molecule has 0 atom stereocenters. The van der Waals surface area contributed by atoms with Crippen molar-refractivity contribution in [1.82, 2.24) is 15.1 Å². The third-order valence-corrected chi connectivity index (χ3v) is 4.33. The zero-order valence-electron chi connectivity index (χ0n) is 14.6. The van der Waals surface area contributed by atoms with Gasteiger partial charge in [0.15, 0.2) is 6.61 Å². The molecule has 6 nitrogen and oxygen atoms in total. The molecule has 0 aliphatic heterocycles. The molecule has 8 heteroatoms. The standard InChI is InChI=1S/C20H13ClFN3O3/c1-11-2-3-13(9-15(11)22)19-24-18(28-25-19)10-27-20(26)14-4-6-16-12(8-14)5-7-17(21)23-16/h2-9H,10H2,1H3. The van der Waals surface area contributed by atoms with Gasteiger partial charge in [-0.25, -0.2) is 14.2 Å². The molecule has 0 radical (unpaired) electrons. The lowest BCUT2D eigenvalue weighted by molar-refractivity contribution is 0.0430. The minimum atomic E-state index is -0.544. The molecule has 2 aromatic carbocycles. The van der Waals surface area contributed by atoms with Crippen LogP contribution in [0.5, 0.6) is 0 Å². The predicted octanol–water partition coefficient (Wildman–Crippen LogP) is 4.74. The number of carbonyl (C=O) groups excluding carboxylic acids is 1. The summed E-state index contributed by atoms with van der Waals surface area (Å²) in [4.78, 5) is 20.6. The molecule has 0 amide bonds. The van der Waals surface area contributed by atoms with Crippen LogP contribution in [0.25, 0.3) is 22.3 Å². The average Bonchev–Trinajstić information content (AvgIpc) is 3.17. The lowest BCUT2D eigenvalue weighted by Gasteiger charge is -2.04. The smallest absolute Gasteiger partial charge is 0.338 e. The first-order valence-electron chi connectivity index (χ1n) is 8.32. The number of halogens is 2. The van der Waals surface area contributed by atoms with Gasteiger partial charge in [0.25, 0.3) is 5.89 Å². The first-order valence-corrected chi connectivity index (χ1v) is 8.70. The van der Waals surface area contributed by atoms with Crippen molar-refractivity contribution in [3.8, 4) is 11.4 Å². The minimum Gasteiger partial charge on any atom is -0.452 e. The molecule has 2 aromatic heterocycles. The van der Waals surface area contributed by atoms with Crippen molar-refractivity contribution in [2.75, 3.05) is 0 Å². The van der Waals surface area contributed by atoms with Gasteiger partial charge in [0, 0.05) is 10.9 Å². The van der Waals surface area contributed by atoms with Gasteiger partial charge in [0.2, 0.25) is 5.82 Å². The lowest BCUT2D eigenvalue weighted by Crippen LogP contribution is -2.05. The van der Waals surface area contributed by atoms with Crippen LogP contribution in [0.3, 0.4) is 0 Å². The molecule has 0 unspecified atom stereocenters. The number of fused-ring (bicyclic) bond motifs is 1. The molecule has 0 N–H and O–H groups in total. The van der Waals surface area contributed by atoms with Crippen LogP contribution in [0.4, 0.5) is 4.39 Å². The molecule has 140 valence electrons. The van der Waals surface area contributed by atoms with E-state index in [9.17, 15) is 9.18 Å². The van der Waals surface area contributed by atoms with Gasteiger partial charge in [-0.2, -0.15) is 4.98 Å². The van der Waals surface area contributed by atoms with Crippen molar-refractivity contribution >= 4 is 28.5 Å². The number of nitrogens with zero attached hydrogens (tertiary/aromatic N) is 3. The Morgan fingerprint density at radius 2 is 2.00 bits per heavy atom. The van der Waals surface area contributed by atoms with Gasteiger partial charge < -0.3 is 9.26 Å². The van der Waals surface area contributed by atoms with Crippen LogP contribution in [0.2, 0.25) is 5.15 Å². The monoisotopic (exact) mass is 397 g/mol. The third kappa shape index (κ3) is 3.70. The summed E-state index contributed by atoms with van der Waals surface area (Å²) in [5, 5.41) is 4.93. The van der Waals surface area contributed by atoms with E-state index >= 15 is 0 Å². The molecule has 2 heterocycles. The number of esters is 1. The molecule has 0 aliphatic rings. The van der Waals surface area contributed by atoms with Crippen molar-refractivity contribution in [3.63, 3.8) is 0 Å². The van der Waals surface area contributed by atoms with Crippen molar-refractivity contribution in [2.24, 2.45) is 0 Å². The summed E-state index contributed by atoms with van der Waals surface area (Å²) in [7, 11) is 0. The molecule has 28 heavy (non-hydrogen) atoms. The molecular formula is C20H13ClFN3O3. The van der Waals surface area contributed by atoms with Gasteiger partial charge in [-0.1, -0.05) is 28.9 Å². The maximum Gasteiger partial charge on any atom is 0.338 e. The van der Waals surface area contributed by atoms with E-state index in [1.807, 2.05) is 0 Å². The fourth-order valence-corrected chi connectivity index (χ4v) is 2.76. The molecular weight excluding hydrogens is 385 g/mol. The van der Waals surface area contributed by atoms with E-state index in [4.69, 9.17) is 20.9 Å². The van der Waals surface area contributed by atoms with Gasteiger partial charge in [-0.15, -0.1) is 0 Å². The second kappa shape index (κ2) is 7.36. The number of pyridine rings is 1. The van der Waals surface area contributed by atoms with Crippen molar-refractivity contribution in [2.45, 2.75) is 13.5 Å². The molecule has 0 spiro atoms. The summed E-state index contributed by atoms with van der Waals surface area (Å²) >= 11 is 5.85. The number of ether oxygens (including phenoxy) is 1. The Morgan fingerprint density at radius 3 is 2.82 bits per heavy atom. The van der Waals surface area contributed by atoms with E-state index in [1.165, 1.54) is 6.07 Å². The second-order valence-corrected chi connectivity index (χ2v) is 6.48. The Labute approximate surface area is 163 Å². The normalized spacial score (nSPS) is 11.0. The van der Waals surface area contributed by atoms with Gasteiger partial charge in [-0.3, -0.25) is 0 Å². The summed E-state index contributed by atoms with van der Waals surface area (Å²) in [5.74, 6) is -0.572. The van der Waals surface area contributed by atoms with Crippen LogP contribution in [0.15, 0.2) is 53.1 Å². The van der Waals surface area contributed by atoms with Crippen LogP contribution in [-0.2, 0) is 11.3 Å². The summed E-state index contributed by atoms with van der Waals surface area (Å²) in [6.07, 6.45) is 0. The molecule has 0 aliphatic carbocycles. The van der Waals surface area contributed by atoms with Gasteiger partial charge in [0.1, 0.15) is 11.0 Å². The Hall–Kier alpha value is -3.32. The van der Waals surface area contributed by atoms with Crippen molar-refractivity contribution in [1.29, 1.82) is 0 Å². The first kappa shape index (κ1) is 18.1. The fourth-order valence-electron chi connectivity index (χ4n) is 2.60. The zero-order valence-corrected chi connectivity index (χ0v) is 15.4. The largest absolute Gasteiger partial charge is 0.452 e. The second-order valence-electron chi connectivity index (χ2n) is 6.09. The summed E-state index contributed by atoms with van der Waals surface area (Å²) in [6, 6.07) is 13.0. The number of rotatable bonds is 4. The van der Waals surface area contributed by atoms with Crippen LogP contribution in [0.1, 0.15) is 21.8 Å². The van der Waals surface area contributed by atoms with E-state index in [-0.39, 0.29) is 24.1 Å². The van der Waals surface area contributed by atoms with Gasteiger partial charge in [-0.05, 0) is 48.9 Å². The van der Waals surface area contributed by atoms with Crippen LogP contribution in [-0.4, -0.2) is 21.1 Å². The molecule has 0 saturated heterocycles. The van der Waals surface area contributed by atoms with E-state index in [0.29, 0.717) is 27.4 Å². The van der Waals surface area contributed by atoms with E-state index in [1.54, 1.807) is 49.4 Å². The summed E-state index contributed by atoms with van der Waals surface area (Å²) in [6.45, 7) is 1.47. The highest BCUT2D eigenvalue weighted by atomic mass is 35.5. The van der Waals surface area contributed by atoms with Crippen LogP contribution in [0, 0.1) is 12.7 Å². The number of hydrogen-bond acceptors (Lipinski definition) is 6. The highest BCUT2D eigenvalue weighted by Crippen LogP contribution is 2.20. The molecule has 0 saturated carbocycles. The Kier molecular flexibility index (Phi) is 4.75. The highest BCUT2D eigenvalue weighted by molar-refractivity contribution is 6.29. The first-order chi connectivity index (χ1) is 13.5. The Balaban J connectivity index is 1.46. The summed E-state index contributed by atoms with van der Waals surface area (Å²) in [5.41, 5.74) is 2.03. The maximum atomic E-state index is 13.7. The Bertz CT molecular complexity index is 1190. The quantitative estimate of drug-likeness (QED) is 0.365. The predicted molar refractivity (Wildman–Crippen MR) is 100 cm³/mol. The topological polar surface area (TPSA) is 78.1 Å². The van der Waals surface area contributed by atoms with Gasteiger partial charge >= 0.3 is 5.97 Å². The molecule has 0 fully saturated rings. The summed E-state index contributed by atoms with van der Waals surface area (Å²) < 4.78 is 24.0. The lowest BCUT2D eigenvalue weighted by atomic mass is 10.1. The van der Waals surface area contributed by atoms with E-state index < -0.39 is 5.97 Å². The SMILES string of the molecule is Cc1ccc(-c2noc(COC(=O)c3ccc4nc(Cl)ccc4c3)n2)cc1F. The van der Waals surface area contributed by atoms with E-state index in [0.717, 1.165) is 5.39 Å². The third-order valence-electron chi connectivity index (χ3n) is 4.12. The zero-order chi connectivity index (χ0) is 19.7. The average molecular weight is 398 g/mol. The molecule has 4 aromatic rings. The van der Waals surface area contributed by atoms with Crippen LogP contribution >= 0.6 is 11.6 Å². The number of hydrogen-bond donors (Lipinski definition) is 0. The van der Waals surface area contributed by atoms with E-state index in [2.05, 4.69) is 15.1 Å². The van der Waals surface area contributed by atoms with Crippen molar-refractivity contribution < 1.29 is 18.4 Å². The molecule has 4 rings (SSSR count). The fraction of sp³-hybridized carbons (Fsp3) is 0.100. The van der Waals surface area contributed by atoms with Gasteiger partial charge in [0.05, 0.1) is 11.1 Å². The minimum absolute atomic E-state index is 0.110. The Morgan fingerprint density at radius 1 is 1.14 bits per heavy atom. The number of carbonyl (C=O) groups is 1. The van der Waals surface area contributed by atoms with Crippen LogP contribution < -0.4 is 0 Å². The maximum absolute atomic E-state index is 13.7.